The van der Waals surface area contributed by atoms with Crippen molar-refractivity contribution in [3.63, 3.8) is 0 Å². The zero-order valence-electron chi connectivity index (χ0n) is 13.2. The molecule has 1 atom stereocenters. The van der Waals surface area contributed by atoms with Gasteiger partial charge in [0.05, 0.1) is 17.4 Å². The zero-order valence-corrected chi connectivity index (χ0v) is 15.6. The van der Waals surface area contributed by atoms with Crippen molar-refractivity contribution >= 4 is 51.4 Å². The first kappa shape index (κ1) is 18.6. The van der Waals surface area contributed by atoms with Crippen molar-refractivity contribution in [3.8, 4) is 5.75 Å². The lowest BCUT2D eigenvalue weighted by molar-refractivity contribution is -0.115. The molecule has 0 saturated heterocycles. The normalized spacial score (nSPS) is 11.6. The highest BCUT2D eigenvalue weighted by Crippen LogP contribution is 2.30. The van der Waals surface area contributed by atoms with Crippen LogP contribution in [0.4, 0.5) is 10.8 Å². The van der Waals surface area contributed by atoms with Crippen LogP contribution in [0.3, 0.4) is 0 Å². The number of methoxy groups -OCH3 is 1. The highest BCUT2D eigenvalue weighted by molar-refractivity contribution is 8.02. The minimum atomic E-state index is -0.328. The van der Waals surface area contributed by atoms with E-state index in [-0.39, 0.29) is 11.2 Å². The fraction of sp³-hybridized carbons (Fsp3) is 0.267. The van der Waals surface area contributed by atoms with Gasteiger partial charge >= 0.3 is 0 Å². The number of nitrogens with one attached hydrogen (secondary N) is 2. The summed E-state index contributed by atoms with van der Waals surface area (Å²) in [7, 11) is 1.54. The number of amides is 1. The van der Waals surface area contributed by atoms with Gasteiger partial charge in [0, 0.05) is 12.2 Å². The minimum Gasteiger partial charge on any atom is -0.495 e. The molecule has 1 heterocycles. The molecule has 0 aliphatic heterocycles. The van der Waals surface area contributed by atoms with Gasteiger partial charge in [-0.05, 0) is 25.1 Å². The Morgan fingerprint density at radius 3 is 3.00 bits per heavy atom. The summed E-state index contributed by atoms with van der Waals surface area (Å²) in [6.07, 6.45) is 1.74. The molecule has 0 saturated carbocycles. The number of benzene rings is 1. The quantitative estimate of drug-likeness (QED) is 0.530. The number of halogens is 1. The third-order valence-electron chi connectivity index (χ3n) is 2.87. The minimum absolute atomic E-state index is 0.142. The van der Waals surface area contributed by atoms with E-state index in [0.29, 0.717) is 28.1 Å². The lowest BCUT2D eigenvalue weighted by atomic mass is 10.3. The molecule has 6 nitrogen and oxygen atoms in total. The number of rotatable bonds is 8. The summed E-state index contributed by atoms with van der Waals surface area (Å²) in [5.41, 5.74) is 0.615. The Balaban J connectivity index is 1.93. The van der Waals surface area contributed by atoms with Gasteiger partial charge in [-0.25, -0.2) is 0 Å². The first-order valence-corrected chi connectivity index (χ1v) is 9.10. The van der Waals surface area contributed by atoms with E-state index in [0.717, 1.165) is 4.34 Å². The maximum absolute atomic E-state index is 12.3. The fourth-order valence-electron chi connectivity index (χ4n) is 1.68. The lowest BCUT2D eigenvalue weighted by Crippen LogP contribution is -2.22. The molecule has 0 aliphatic carbocycles. The van der Waals surface area contributed by atoms with Crippen LogP contribution in [0, 0.1) is 0 Å². The van der Waals surface area contributed by atoms with Gasteiger partial charge in [-0.2, -0.15) is 0 Å². The highest BCUT2D eigenvalue weighted by Gasteiger charge is 2.17. The summed E-state index contributed by atoms with van der Waals surface area (Å²) in [6, 6.07) is 5.10. The van der Waals surface area contributed by atoms with Crippen LogP contribution in [0.1, 0.15) is 6.92 Å². The smallest absolute Gasteiger partial charge is 0.237 e. The SMILES string of the molecule is C=CCNc1nnc(S[C@@H](C)C(=O)Nc2ccc(OC)c(Cl)c2)s1. The molecule has 0 unspecified atom stereocenters. The maximum Gasteiger partial charge on any atom is 0.237 e. The van der Waals surface area contributed by atoms with Gasteiger partial charge in [0.2, 0.25) is 11.0 Å². The fourth-order valence-corrected chi connectivity index (χ4v) is 3.84. The van der Waals surface area contributed by atoms with Crippen molar-refractivity contribution in [1.29, 1.82) is 0 Å². The van der Waals surface area contributed by atoms with Crippen LogP contribution in [0.5, 0.6) is 5.75 Å². The lowest BCUT2D eigenvalue weighted by Gasteiger charge is -2.11. The molecule has 0 spiro atoms. The topological polar surface area (TPSA) is 76.1 Å². The van der Waals surface area contributed by atoms with E-state index in [1.807, 2.05) is 6.92 Å². The Morgan fingerprint density at radius 2 is 2.33 bits per heavy atom. The first-order chi connectivity index (χ1) is 11.5. The van der Waals surface area contributed by atoms with Crippen LogP contribution < -0.4 is 15.4 Å². The molecule has 2 rings (SSSR count). The predicted molar refractivity (Wildman–Crippen MR) is 101 cm³/mol. The van der Waals surface area contributed by atoms with Crippen LogP contribution in [-0.2, 0) is 4.79 Å². The largest absolute Gasteiger partial charge is 0.495 e. The summed E-state index contributed by atoms with van der Waals surface area (Å²) in [5.74, 6) is 0.419. The standard InChI is InChI=1S/C15H17ClN4O2S2/c1-4-7-17-14-19-20-15(24-14)23-9(2)13(21)18-10-5-6-12(22-3)11(16)8-10/h4-6,8-9H,1,7H2,2-3H3,(H,17,19)(H,18,21)/t9-/m0/s1. The Labute approximate surface area is 153 Å². The number of nitrogens with zero attached hydrogens (tertiary/aromatic N) is 2. The molecule has 1 aromatic carbocycles. The second-order valence-electron chi connectivity index (χ2n) is 4.64. The van der Waals surface area contributed by atoms with Crippen molar-refractivity contribution in [1.82, 2.24) is 10.2 Å². The number of thioether (sulfide) groups is 1. The predicted octanol–water partition coefficient (Wildman–Crippen LogP) is 3.92. The summed E-state index contributed by atoms with van der Waals surface area (Å²) in [6.45, 7) is 6.06. The molecule has 0 bridgehead atoms. The monoisotopic (exact) mass is 384 g/mol. The number of carbonyl (C=O) groups is 1. The number of hydrogen-bond donors (Lipinski definition) is 2. The Hall–Kier alpha value is -1.77. The molecule has 2 N–H and O–H groups in total. The average Bonchev–Trinajstić information content (AvgIpc) is 3.00. The van der Waals surface area contributed by atoms with E-state index >= 15 is 0 Å². The first-order valence-electron chi connectivity index (χ1n) is 7.02. The van der Waals surface area contributed by atoms with Crippen molar-refractivity contribution in [3.05, 3.63) is 35.9 Å². The van der Waals surface area contributed by atoms with Crippen molar-refractivity contribution < 1.29 is 9.53 Å². The van der Waals surface area contributed by atoms with E-state index in [9.17, 15) is 4.79 Å². The molecule has 9 heteroatoms. The second kappa shape index (κ2) is 8.91. The van der Waals surface area contributed by atoms with Crippen LogP contribution >= 0.6 is 34.7 Å². The average molecular weight is 385 g/mol. The number of aromatic nitrogens is 2. The Kier molecular flexibility index (Phi) is 6.89. The van der Waals surface area contributed by atoms with Gasteiger partial charge in [-0.1, -0.05) is 40.8 Å². The van der Waals surface area contributed by atoms with Crippen LogP contribution in [0.2, 0.25) is 5.02 Å². The van der Waals surface area contributed by atoms with E-state index < -0.39 is 0 Å². The second-order valence-corrected chi connectivity index (χ2v) is 7.61. The van der Waals surface area contributed by atoms with E-state index in [4.69, 9.17) is 16.3 Å². The molecule has 1 aromatic heterocycles. The molecule has 1 amide bonds. The number of anilines is 2. The zero-order chi connectivity index (χ0) is 17.5. The van der Waals surface area contributed by atoms with Gasteiger partial charge in [0.15, 0.2) is 4.34 Å². The number of ether oxygens (including phenoxy) is 1. The third kappa shape index (κ3) is 5.12. The van der Waals surface area contributed by atoms with Gasteiger partial charge in [-0.15, -0.1) is 16.8 Å². The van der Waals surface area contributed by atoms with Crippen molar-refractivity contribution in [2.45, 2.75) is 16.5 Å². The summed E-state index contributed by atoms with van der Waals surface area (Å²) in [5, 5.41) is 14.8. The van der Waals surface area contributed by atoms with Crippen LogP contribution in [0.25, 0.3) is 0 Å². The summed E-state index contributed by atoms with van der Waals surface area (Å²) < 4.78 is 5.81. The summed E-state index contributed by atoms with van der Waals surface area (Å²) >= 11 is 8.80. The van der Waals surface area contributed by atoms with E-state index in [2.05, 4.69) is 27.4 Å². The van der Waals surface area contributed by atoms with E-state index in [1.165, 1.54) is 23.1 Å². The van der Waals surface area contributed by atoms with Gasteiger partial charge < -0.3 is 15.4 Å². The molecule has 24 heavy (non-hydrogen) atoms. The molecular weight excluding hydrogens is 368 g/mol. The van der Waals surface area contributed by atoms with Gasteiger partial charge in [-0.3, -0.25) is 4.79 Å². The van der Waals surface area contributed by atoms with Crippen LogP contribution in [0.15, 0.2) is 35.2 Å². The van der Waals surface area contributed by atoms with Gasteiger partial charge in [0.25, 0.3) is 0 Å². The van der Waals surface area contributed by atoms with E-state index in [1.54, 1.807) is 31.4 Å². The highest BCUT2D eigenvalue weighted by atomic mass is 35.5. The molecule has 0 fully saturated rings. The number of hydrogen-bond acceptors (Lipinski definition) is 7. The van der Waals surface area contributed by atoms with Crippen LogP contribution in [-0.4, -0.2) is 35.0 Å². The van der Waals surface area contributed by atoms with Gasteiger partial charge in [0.1, 0.15) is 5.75 Å². The molecular formula is C15H17ClN4O2S2. The molecule has 0 aliphatic rings. The number of carbonyl (C=O) groups excluding carboxylic acids is 1. The molecule has 0 radical (unpaired) electrons. The molecule has 2 aromatic rings. The maximum atomic E-state index is 12.3. The third-order valence-corrected chi connectivity index (χ3v) is 5.23. The van der Waals surface area contributed by atoms with Crippen molar-refractivity contribution in [2.24, 2.45) is 0 Å². The Bertz CT molecular complexity index is 723. The molecule has 128 valence electrons. The Morgan fingerprint density at radius 1 is 1.54 bits per heavy atom. The summed E-state index contributed by atoms with van der Waals surface area (Å²) in [4.78, 5) is 12.3. The van der Waals surface area contributed by atoms with Crippen molar-refractivity contribution in [2.75, 3.05) is 24.3 Å².